The van der Waals surface area contributed by atoms with Crippen LogP contribution in [-0.2, 0) is 63.7 Å². The minimum absolute atomic E-state index is 0.0173. The van der Waals surface area contributed by atoms with Gasteiger partial charge in [-0.1, -0.05) is 130 Å². The molecule has 25 heteroatoms. The maximum Gasteiger partial charge on any atom is 0.303 e. The summed E-state index contributed by atoms with van der Waals surface area (Å²) in [7, 11) is 0. The van der Waals surface area contributed by atoms with E-state index < -0.39 is 152 Å². The summed E-state index contributed by atoms with van der Waals surface area (Å²) in [5.74, 6) is -8.07. The van der Waals surface area contributed by atoms with Crippen LogP contribution in [0.1, 0.15) is 74.7 Å². The summed E-state index contributed by atoms with van der Waals surface area (Å²) in [5, 5.41) is -2.05. The standard InChI is InChI=1S/C49H40Cl6N2O16S/c1-20(58)67-19-29-40(68-21(2)59)42(69-22(3)60)38(56-46(64)31-32(47(56)65)35(53)37(55)36(54)34(31)52)48(71-29)73-41-28(18-66-17-24-11-7-5-8-12-24)72-49(74-25-13-9-6-10-14-25)39(43(41)70-23(4)61)57-44(62)26-15-16-27(50)33(51)30(26)45(57)63/h5-16,28-29,38-43,48-49H,17-19H2,1-4H3/t28-,29-,38-,39-,40-,41-,42-,43-,48+,49+/m1/s1. The molecule has 4 amide bonds. The lowest BCUT2D eigenvalue weighted by Crippen LogP contribution is -2.71. The van der Waals surface area contributed by atoms with Gasteiger partial charge in [0.25, 0.3) is 23.6 Å². The molecule has 0 bridgehead atoms. The fourth-order valence-corrected chi connectivity index (χ4v) is 11.6. The number of halogens is 6. The van der Waals surface area contributed by atoms with Crippen molar-refractivity contribution in [2.45, 2.75) is 99.6 Å². The second-order valence-electron chi connectivity index (χ2n) is 16.9. The molecule has 0 unspecified atom stereocenters. The molecule has 4 aromatic rings. The molecular formula is C49H40Cl6N2O16S. The number of hydrogen-bond acceptors (Lipinski definition) is 17. The molecule has 18 nitrogen and oxygen atoms in total. The molecule has 0 N–H and O–H groups in total. The van der Waals surface area contributed by atoms with Gasteiger partial charge in [-0.2, -0.15) is 0 Å². The number of benzene rings is 4. The van der Waals surface area contributed by atoms with Crippen molar-refractivity contribution in [3.63, 3.8) is 0 Å². The lowest BCUT2D eigenvalue weighted by atomic mass is 9.93. The number of rotatable bonds is 15. The Kier molecular flexibility index (Phi) is 17.2. The van der Waals surface area contributed by atoms with E-state index in [0.29, 0.717) is 9.80 Å². The summed E-state index contributed by atoms with van der Waals surface area (Å²) in [4.78, 5) is 113. The van der Waals surface area contributed by atoms with E-state index in [1.54, 1.807) is 60.7 Å². The first-order valence-corrected chi connectivity index (χ1v) is 25.4. The monoisotopic (exact) mass is 1150 g/mol. The van der Waals surface area contributed by atoms with Gasteiger partial charge in [0.15, 0.2) is 24.6 Å². The molecule has 0 spiro atoms. The van der Waals surface area contributed by atoms with Crippen molar-refractivity contribution in [2.24, 2.45) is 0 Å². The third kappa shape index (κ3) is 11.0. The largest absolute Gasteiger partial charge is 0.463 e. The third-order valence-electron chi connectivity index (χ3n) is 12.0. The molecule has 4 heterocycles. The van der Waals surface area contributed by atoms with Crippen LogP contribution in [0, 0.1) is 0 Å². The summed E-state index contributed by atoms with van der Waals surface area (Å²) in [6.45, 7) is 2.97. The molecule has 2 fully saturated rings. The first-order valence-electron chi connectivity index (χ1n) is 22.2. The Hall–Kier alpha value is -5.03. The van der Waals surface area contributed by atoms with Crippen LogP contribution in [0.2, 0.25) is 30.1 Å². The highest BCUT2D eigenvalue weighted by molar-refractivity contribution is 7.99. The molecular weight excluding hydrogens is 1120 g/mol. The fourth-order valence-electron chi connectivity index (χ4n) is 9.00. The van der Waals surface area contributed by atoms with E-state index in [0.717, 1.165) is 49.9 Å². The van der Waals surface area contributed by atoms with Gasteiger partial charge in [-0.3, -0.25) is 48.2 Å². The van der Waals surface area contributed by atoms with E-state index in [1.807, 2.05) is 0 Å². The van der Waals surface area contributed by atoms with Crippen LogP contribution in [0.5, 0.6) is 0 Å². The van der Waals surface area contributed by atoms with Crippen molar-refractivity contribution in [3.05, 3.63) is 131 Å². The lowest BCUT2D eigenvalue weighted by molar-refractivity contribution is -0.322. The number of amides is 4. The first kappa shape index (κ1) is 55.2. The van der Waals surface area contributed by atoms with Crippen LogP contribution in [0.4, 0.5) is 0 Å². The van der Waals surface area contributed by atoms with E-state index in [1.165, 1.54) is 12.1 Å². The fraction of sp³-hybridized carbons (Fsp3) is 0.347. The summed E-state index contributed by atoms with van der Waals surface area (Å²) in [6.07, 6.45) is -12.5. The van der Waals surface area contributed by atoms with Crippen LogP contribution in [-0.4, -0.2) is 131 Å². The maximum absolute atomic E-state index is 14.9. The van der Waals surface area contributed by atoms with E-state index in [2.05, 4.69) is 0 Å². The molecule has 4 aromatic carbocycles. The number of nitrogens with zero attached hydrogens (tertiary/aromatic N) is 2. The Morgan fingerprint density at radius 3 is 1.62 bits per heavy atom. The second-order valence-corrected chi connectivity index (χ2v) is 20.3. The molecule has 74 heavy (non-hydrogen) atoms. The summed E-state index contributed by atoms with van der Waals surface area (Å²) in [6, 6.07) is 16.6. The predicted molar refractivity (Wildman–Crippen MR) is 265 cm³/mol. The van der Waals surface area contributed by atoms with Gasteiger partial charge >= 0.3 is 23.9 Å². The van der Waals surface area contributed by atoms with E-state index in [4.69, 9.17) is 108 Å². The van der Waals surface area contributed by atoms with Gasteiger partial charge in [-0.05, 0) is 29.8 Å². The van der Waals surface area contributed by atoms with Gasteiger partial charge < -0.3 is 37.9 Å². The zero-order valence-corrected chi connectivity index (χ0v) is 44.3. The average molecular weight is 1160 g/mol. The molecule has 0 aromatic heterocycles. The Morgan fingerprint density at radius 2 is 1.05 bits per heavy atom. The first-order chi connectivity index (χ1) is 35.2. The van der Waals surface area contributed by atoms with Gasteiger partial charge in [-0.25, -0.2) is 0 Å². The summed E-state index contributed by atoms with van der Waals surface area (Å²) in [5.41, 5.74) is -2.06. The van der Waals surface area contributed by atoms with Crippen LogP contribution in [0.25, 0.3) is 0 Å². The van der Waals surface area contributed by atoms with Gasteiger partial charge in [-0.15, -0.1) is 0 Å². The zero-order valence-electron chi connectivity index (χ0n) is 38.9. The van der Waals surface area contributed by atoms with Crippen LogP contribution in [0.3, 0.4) is 0 Å². The summed E-state index contributed by atoms with van der Waals surface area (Å²) < 4.78 is 49.6. The van der Waals surface area contributed by atoms with Crippen molar-refractivity contribution in [2.75, 3.05) is 13.2 Å². The SMILES string of the molecule is CC(=O)OC[C@H]1O[C@@H](O[C@H]2[C@H](OC(C)=O)[C@@H](N3C(=O)c4ccc(Cl)c(Cl)c4C3=O)[C@H](Sc3ccccc3)O[C@@H]2COCc2ccccc2)[C@H](N2C(=O)c3c(Cl)c(Cl)c(Cl)c(Cl)c3C2=O)[C@@H](OC(C)=O)[C@@H]1OC(C)=O. The van der Waals surface area contributed by atoms with Crippen molar-refractivity contribution >= 4 is 129 Å². The number of carbonyl (C=O) groups excluding carboxylic acids is 8. The topological polar surface area (TPSA) is 217 Å². The summed E-state index contributed by atoms with van der Waals surface area (Å²) >= 11 is 40.0. The zero-order chi connectivity index (χ0) is 53.4. The second kappa shape index (κ2) is 23.1. The molecule has 0 radical (unpaired) electrons. The number of fused-ring (bicyclic) bond motifs is 2. The van der Waals surface area contributed by atoms with Crippen molar-refractivity contribution in [1.82, 2.24) is 9.80 Å². The minimum Gasteiger partial charge on any atom is -0.463 e. The Morgan fingerprint density at radius 1 is 0.541 bits per heavy atom. The molecule has 2 saturated heterocycles. The number of imide groups is 2. The maximum atomic E-state index is 14.9. The minimum atomic E-state index is -2.13. The molecule has 10 atom stereocenters. The molecule has 4 aliphatic heterocycles. The Labute approximate surface area is 455 Å². The van der Waals surface area contributed by atoms with Crippen molar-refractivity contribution in [1.29, 1.82) is 0 Å². The predicted octanol–water partition coefficient (Wildman–Crippen LogP) is 8.44. The van der Waals surface area contributed by atoms with Gasteiger partial charge in [0.2, 0.25) is 0 Å². The van der Waals surface area contributed by atoms with E-state index in [9.17, 15) is 38.4 Å². The van der Waals surface area contributed by atoms with Gasteiger partial charge in [0.05, 0.1) is 65.6 Å². The highest BCUT2D eigenvalue weighted by Gasteiger charge is 2.62. The highest BCUT2D eigenvalue weighted by atomic mass is 35.5. The number of hydrogen-bond donors (Lipinski definition) is 0. The Balaban J connectivity index is 1.33. The number of esters is 4. The number of ether oxygens (including phenoxy) is 8. The molecule has 4 aliphatic rings. The average Bonchev–Trinajstić information content (AvgIpc) is 3.76. The highest BCUT2D eigenvalue weighted by Crippen LogP contribution is 2.48. The normalized spacial score (nSPS) is 25.4. The lowest BCUT2D eigenvalue weighted by Gasteiger charge is -2.51. The van der Waals surface area contributed by atoms with Crippen LogP contribution < -0.4 is 0 Å². The van der Waals surface area contributed by atoms with Crippen molar-refractivity contribution in [3.8, 4) is 0 Å². The number of thioether (sulfide) groups is 1. The van der Waals surface area contributed by atoms with Gasteiger partial charge in [0.1, 0.15) is 42.4 Å². The molecule has 0 aliphatic carbocycles. The molecule has 390 valence electrons. The molecule has 8 rings (SSSR count). The van der Waals surface area contributed by atoms with Crippen LogP contribution >= 0.6 is 81.4 Å². The van der Waals surface area contributed by atoms with Gasteiger partial charge in [0, 0.05) is 32.6 Å². The van der Waals surface area contributed by atoms with Crippen molar-refractivity contribution < 1.29 is 76.3 Å². The van der Waals surface area contributed by atoms with E-state index >= 15 is 0 Å². The quantitative estimate of drug-likeness (QED) is 0.0359. The third-order valence-corrected chi connectivity index (χ3v) is 15.7. The smallest absolute Gasteiger partial charge is 0.303 e. The van der Waals surface area contributed by atoms with Crippen LogP contribution in [0.15, 0.2) is 77.7 Å². The number of carbonyl (C=O) groups is 8. The Bertz CT molecular complexity index is 2890. The van der Waals surface area contributed by atoms with E-state index in [-0.39, 0.29) is 27.8 Å². The molecule has 0 saturated carbocycles.